The first-order valence-corrected chi connectivity index (χ1v) is 7.64. The largest absolute Gasteiger partial charge is 0.508 e. The van der Waals surface area contributed by atoms with Crippen LogP contribution in [0.4, 0.5) is 0 Å². The number of hydrogen-bond acceptors (Lipinski definition) is 4. The second kappa shape index (κ2) is 4.16. The van der Waals surface area contributed by atoms with Gasteiger partial charge in [-0.1, -0.05) is 0 Å². The highest BCUT2D eigenvalue weighted by molar-refractivity contribution is 7.88. The second-order valence-corrected chi connectivity index (χ2v) is 7.16. The van der Waals surface area contributed by atoms with Gasteiger partial charge in [0.05, 0.1) is 12.0 Å². The summed E-state index contributed by atoms with van der Waals surface area (Å²) in [6, 6.07) is 4.64. The Kier molecular flexibility index (Phi) is 3.01. The van der Waals surface area contributed by atoms with Gasteiger partial charge in [0.25, 0.3) is 0 Å². The fraction of sp³-hybridized carbons (Fsp3) is 0.385. The summed E-state index contributed by atoms with van der Waals surface area (Å²) in [5.74, 6) is 0.616. The van der Waals surface area contributed by atoms with E-state index >= 15 is 0 Å². The smallest absolute Gasteiger partial charge is 0.232 e. The average molecular weight is 283 g/mol. The molecule has 0 amide bonds. The van der Waals surface area contributed by atoms with Gasteiger partial charge in [0.15, 0.2) is 0 Å². The number of nitrogens with zero attached hydrogens (tertiary/aromatic N) is 1. The van der Waals surface area contributed by atoms with Gasteiger partial charge in [-0.25, -0.2) is 8.42 Å². The summed E-state index contributed by atoms with van der Waals surface area (Å²) < 4.78 is 30.4. The first-order valence-electron chi connectivity index (χ1n) is 5.79. The minimum Gasteiger partial charge on any atom is -0.508 e. The Bertz CT molecular complexity index is 647. The molecule has 1 aromatic rings. The molecule has 5 nitrogen and oxygen atoms in total. The molecular weight excluding hydrogens is 266 g/mol. The van der Waals surface area contributed by atoms with E-state index in [4.69, 9.17) is 4.74 Å². The monoisotopic (exact) mass is 283 g/mol. The van der Waals surface area contributed by atoms with Crippen molar-refractivity contribution in [3.05, 3.63) is 29.8 Å². The zero-order valence-electron chi connectivity index (χ0n) is 11.3. The lowest BCUT2D eigenvalue weighted by Crippen LogP contribution is -2.34. The molecule has 1 aliphatic rings. The summed E-state index contributed by atoms with van der Waals surface area (Å²) in [7, 11) is -1.90. The highest BCUT2D eigenvalue weighted by Crippen LogP contribution is 2.39. The first-order chi connectivity index (χ1) is 8.60. The molecular formula is C13H17NO4S. The lowest BCUT2D eigenvalue weighted by Gasteiger charge is -2.34. The van der Waals surface area contributed by atoms with Crippen LogP contribution in [0.3, 0.4) is 0 Å². The number of ether oxygens (including phenoxy) is 1. The number of sulfonamides is 1. The number of hydrogen-bond donors (Lipinski definition) is 1. The fourth-order valence-electron chi connectivity index (χ4n) is 1.97. The van der Waals surface area contributed by atoms with Crippen LogP contribution in [0.1, 0.15) is 19.4 Å². The zero-order valence-corrected chi connectivity index (χ0v) is 12.2. The van der Waals surface area contributed by atoms with Gasteiger partial charge >= 0.3 is 0 Å². The van der Waals surface area contributed by atoms with Crippen molar-refractivity contribution in [3.63, 3.8) is 0 Å². The van der Waals surface area contributed by atoms with E-state index < -0.39 is 15.6 Å². The summed E-state index contributed by atoms with van der Waals surface area (Å²) >= 11 is 0. The van der Waals surface area contributed by atoms with Crippen LogP contribution >= 0.6 is 0 Å². The molecule has 0 bridgehead atoms. The van der Waals surface area contributed by atoms with E-state index in [1.807, 2.05) is 13.8 Å². The lowest BCUT2D eigenvalue weighted by molar-refractivity contribution is 0.156. The van der Waals surface area contributed by atoms with E-state index in [1.165, 1.54) is 23.5 Å². The third-order valence-corrected chi connectivity index (χ3v) is 4.12. The molecule has 0 saturated carbocycles. The van der Waals surface area contributed by atoms with Gasteiger partial charge in [-0.05, 0) is 38.1 Å². The molecule has 1 N–H and O–H groups in total. The molecule has 1 heterocycles. The zero-order chi connectivity index (χ0) is 14.4. The van der Waals surface area contributed by atoms with E-state index in [0.29, 0.717) is 17.0 Å². The van der Waals surface area contributed by atoms with Crippen molar-refractivity contribution in [1.82, 2.24) is 4.31 Å². The Morgan fingerprint density at radius 2 is 1.95 bits per heavy atom. The molecule has 6 heteroatoms. The van der Waals surface area contributed by atoms with Gasteiger partial charge in [0.1, 0.15) is 17.1 Å². The van der Waals surface area contributed by atoms with Crippen molar-refractivity contribution in [2.24, 2.45) is 0 Å². The standard InChI is InChI=1S/C13H17NO4S/c1-13(2)8-11(14(3)19(4,16)17)10-7-9(15)5-6-12(10)18-13/h5-8,15H,1-4H3. The number of fused-ring (bicyclic) bond motifs is 1. The minimum absolute atomic E-state index is 0.0647. The van der Waals surface area contributed by atoms with Crippen LogP contribution in [0, 0.1) is 0 Å². The maximum Gasteiger partial charge on any atom is 0.232 e. The van der Waals surface area contributed by atoms with E-state index in [0.717, 1.165) is 6.26 Å². The minimum atomic E-state index is -3.38. The third kappa shape index (κ3) is 2.68. The van der Waals surface area contributed by atoms with Crippen molar-refractivity contribution in [2.45, 2.75) is 19.4 Å². The second-order valence-electron chi connectivity index (χ2n) is 5.15. The molecule has 2 rings (SSSR count). The molecule has 104 valence electrons. The summed E-state index contributed by atoms with van der Waals surface area (Å²) in [6.07, 6.45) is 2.87. The van der Waals surface area contributed by atoms with Crippen molar-refractivity contribution >= 4 is 15.7 Å². The molecule has 0 radical (unpaired) electrons. The molecule has 0 saturated heterocycles. The van der Waals surface area contributed by atoms with Crippen LogP contribution in [-0.2, 0) is 10.0 Å². The number of rotatable bonds is 2. The molecule has 0 unspecified atom stereocenters. The third-order valence-electron chi connectivity index (χ3n) is 2.93. The molecule has 0 fully saturated rings. The Hall–Kier alpha value is -1.69. The SMILES string of the molecule is CN(C1=CC(C)(C)Oc2ccc(O)cc21)S(C)(=O)=O. The normalized spacial score (nSPS) is 17.2. The summed E-state index contributed by atoms with van der Waals surface area (Å²) in [5.41, 5.74) is 0.454. The molecule has 0 aromatic heterocycles. The Labute approximate surface area is 113 Å². The number of phenols is 1. The molecule has 0 spiro atoms. The van der Waals surface area contributed by atoms with Gasteiger partial charge in [0.2, 0.25) is 10.0 Å². The fourth-order valence-corrected chi connectivity index (χ4v) is 2.47. The van der Waals surface area contributed by atoms with E-state index in [-0.39, 0.29) is 5.75 Å². The van der Waals surface area contributed by atoms with E-state index in [1.54, 1.807) is 12.1 Å². The number of benzene rings is 1. The van der Waals surface area contributed by atoms with Crippen LogP contribution < -0.4 is 4.74 Å². The van der Waals surface area contributed by atoms with Gasteiger partial charge in [-0.15, -0.1) is 0 Å². The summed E-state index contributed by atoms with van der Waals surface area (Å²) in [4.78, 5) is 0. The first kappa shape index (κ1) is 13.7. The quantitative estimate of drug-likeness (QED) is 0.898. The highest BCUT2D eigenvalue weighted by Gasteiger charge is 2.30. The molecule has 0 aliphatic carbocycles. The van der Waals surface area contributed by atoms with Crippen LogP contribution in [0.15, 0.2) is 24.3 Å². The van der Waals surface area contributed by atoms with Gasteiger partial charge in [-0.2, -0.15) is 0 Å². The lowest BCUT2D eigenvalue weighted by atomic mass is 9.99. The topological polar surface area (TPSA) is 66.8 Å². The van der Waals surface area contributed by atoms with Crippen molar-refractivity contribution in [2.75, 3.05) is 13.3 Å². The molecule has 19 heavy (non-hydrogen) atoms. The predicted octanol–water partition coefficient (Wildman–Crippen LogP) is 1.80. The van der Waals surface area contributed by atoms with E-state index in [2.05, 4.69) is 0 Å². The Morgan fingerprint density at radius 1 is 1.32 bits per heavy atom. The van der Waals surface area contributed by atoms with E-state index in [9.17, 15) is 13.5 Å². The van der Waals surface area contributed by atoms with Crippen LogP contribution in [0.25, 0.3) is 5.70 Å². The molecule has 1 aromatic carbocycles. The van der Waals surface area contributed by atoms with Gasteiger partial charge < -0.3 is 9.84 Å². The van der Waals surface area contributed by atoms with Gasteiger partial charge in [0, 0.05) is 12.6 Å². The van der Waals surface area contributed by atoms with Crippen LogP contribution in [-0.4, -0.2) is 36.7 Å². The average Bonchev–Trinajstić information content (AvgIpc) is 2.26. The van der Waals surface area contributed by atoms with Crippen molar-refractivity contribution in [3.8, 4) is 11.5 Å². The summed E-state index contributed by atoms with van der Waals surface area (Å²) in [6.45, 7) is 3.69. The van der Waals surface area contributed by atoms with Gasteiger partial charge in [-0.3, -0.25) is 4.31 Å². The summed E-state index contributed by atoms with van der Waals surface area (Å²) in [5, 5.41) is 9.57. The van der Waals surface area contributed by atoms with Crippen LogP contribution in [0.5, 0.6) is 11.5 Å². The Balaban J connectivity index is 2.64. The number of aromatic hydroxyl groups is 1. The molecule has 1 aliphatic heterocycles. The maximum atomic E-state index is 11.7. The van der Waals surface area contributed by atoms with Crippen molar-refractivity contribution < 1.29 is 18.3 Å². The Morgan fingerprint density at radius 3 is 2.53 bits per heavy atom. The van der Waals surface area contributed by atoms with Crippen molar-refractivity contribution in [1.29, 1.82) is 0 Å². The highest BCUT2D eigenvalue weighted by atomic mass is 32.2. The molecule has 0 atom stereocenters. The number of phenolic OH excluding ortho intramolecular Hbond substituents is 1. The maximum absolute atomic E-state index is 11.7. The van der Waals surface area contributed by atoms with Crippen LogP contribution in [0.2, 0.25) is 0 Å². The predicted molar refractivity (Wildman–Crippen MR) is 73.4 cm³/mol.